The zero-order chi connectivity index (χ0) is 21.9. The summed E-state index contributed by atoms with van der Waals surface area (Å²) in [5.74, 6) is 0.839. The van der Waals surface area contributed by atoms with Gasteiger partial charge in [-0.05, 0) is 44.4 Å². The second-order valence-corrected chi connectivity index (χ2v) is 7.42. The number of alkyl halides is 3. The monoisotopic (exact) mass is 422 g/mol. The van der Waals surface area contributed by atoms with E-state index in [9.17, 15) is 18.0 Å². The molecular weight excluding hydrogens is 397 g/mol. The molecule has 9 heteroatoms. The Morgan fingerprint density at radius 1 is 1.20 bits per heavy atom. The number of methoxy groups -OCH3 is 1. The highest BCUT2D eigenvalue weighted by molar-refractivity contribution is 5.79. The molecule has 0 radical (unpaired) electrons. The minimum atomic E-state index is -4.52. The van der Waals surface area contributed by atoms with E-state index in [1.54, 1.807) is 12.0 Å². The first-order valence-electron chi connectivity index (χ1n) is 9.79. The summed E-state index contributed by atoms with van der Waals surface area (Å²) in [5, 5.41) is 3.02. The molecule has 1 aliphatic heterocycles. The average molecular weight is 422 g/mol. The predicted molar refractivity (Wildman–Crippen MR) is 106 cm³/mol. The Balaban J connectivity index is 1.58. The van der Waals surface area contributed by atoms with E-state index in [0.717, 1.165) is 17.4 Å². The Kier molecular flexibility index (Phi) is 6.48. The summed E-state index contributed by atoms with van der Waals surface area (Å²) in [6.07, 6.45) is -3.42. The number of aromatic nitrogens is 2. The SMILES string of the molecule is COc1ccc([C@H](C)NC(=O)C2CCN(c3cc(C(F)(F)F)nc(C)n3)CC2)cc1. The fourth-order valence-corrected chi connectivity index (χ4v) is 3.54. The first-order valence-corrected chi connectivity index (χ1v) is 9.79. The number of amides is 1. The van der Waals surface area contributed by atoms with E-state index in [1.807, 2.05) is 31.2 Å². The van der Waals surface area contributed by atoms with Crippen molar-refractivity contribution < 1.29 is 22.7 Å². The molecule has 1 N–H and O–H groups in total. The van der Waals surface area contributed by atoms with Crippen molar-refractivity contribution in [2.75, 3.05) is 25.1 Å². The van der Waals surface area contributed by atoms with Crippen LogP contribution in [0.4, 0.5) is 19.0 Å². The van der Waals surface area contributed by atoms with Gasteiger partial charge in [0.2, 0.25) is 5.91 Å². The topological polar surface area (TPSA) is 67.3 Å². The molecule has 0 aliphatic carbocycles. The number of aryl methyl sites for hydroxylation is 1. The van der Waals surface area contributed by atoms with Crippen molar-refractivity contribution in [1.29, 1.82) is 0 Å². The number of ether oxygens (including phenoxy) is 1. The van der Waals surface area contributed by atoms with Crippen LogP contribution in [-0.2, 0) is 11.0 Å². The van der Waals surface area contributed by atoms with E-state index in [2.05, 4.69) is 15.3 Å². The second-order valence-electron chi connectivity index (χ2n) is 7.42. The lowest BCUT2D eigenvalue weighted by Crippen LogP contribution is -2.41. The smallest absolute Gasteiger partial charge is 0.433 e. The normalized spacial score (nSPS) is 16.3. The lowest BCUT2D eigenvalue weighted by molar-refractivity contribution is -0.141. The Labute approximate surface area is 173 Å². The van der Waals surface area contributed by atoms with Gasteiger partial charge in [0.1, 0.15) is 23.1 Å². The number of nitrogens with zero attached hydrogens (tertiary/aromatic N) is 3. The van der Waals surface area contributed by atoms with Gasteiger partial charge in [0.15, 0.2) is 0 Å². The maximum absolute atomic E-state index is 13.0. The number of anilines is 1. The molecule has 1 aromatic heterocycles. The molecule has 6 nitrogen and oxygen atoms in total. The number of nitrogens with one attached hydrogen (secondary N) is 1. The highest BCUT2D eigenvalue weighted by Gasteiger charge is 2.34. The number of halogens is 3. The van der Waals surface area contributed by atoms with Gasteiger partial charge in [0.25, 0.3) is 0 Å². The van der Waals surface area contributed by atoms with Crippen LogP contribution in [-0.4, -0.2) is 36.1 Å². The second kappa shape index (κ2) is 8.89. The quantitative estimate of drug-likeness (QED) is 0.792. The van der Waals surface area contributed by atoms with E-state index in [1.165, 1.54) is 6.92 Å². The van der Waals surface area contributed by atoms with Gasteiger partial charge >= 0.3 is 6.18 Å². The molecular formula is C21H25F3N4O2. The fourth-order valence-electron chi connectivity index (χ4n) is 3.54. The van der Waals surface area contributed by atoms with Gasteiger partial charge in [-0.2, -0.15) is 13.2 Å². The van der Waals surface area contributed by atoms with Gasteiger partial charge in [0, 0.05) is 25.1 Å². The van der Waals surface area contributed by atoms with Gasteiger partial charge in [-0.15, -0.1) is 0 Å². The molecule has 0 unspecified atom stereocenters. The molecule has 0 bridgehead atoms. The third-order valence-corrected chi connectivity index (χ3v) is 5.28. The molecule has 162 valence electrons. The summed E-state index contributed by atoms with van der Waals surface area (Å²) in [7, 11) is 1.60. The number of benzene rings is 1. The molecule has 30 heavy (non-hydrogen) atoms. The van der Waals surface area contributed by atoms with Crippen molar-refractivity contribution in [2.45, 2.75) is 38.9 Å². The molecule has 1 amide bonds. The number of hydrogen-bond acceptors (Lipinski definition) is 5. The van der Waals surface area contributed by atoms with Crippen molar-refractivity contribution in [1.82, 2.24) is 15.3 Å². The molecule has 2 heterocycles. The molecule has 2 aromatic rings. The van der Waals surface area contributed by atoms with E-state index in [0.29, 0.717) is 25.9 Å². The third-order valence-electron chi connectivity index (χ3n) is 5.28. The van der Waals surface area contributed by atoms with Gasteiger partial charge in [0.05, 0.1) is 13.2 Å². The van der Waals surface area contributed by atoms with Crippen molar-refractivity contribution in [3.05, 3.63) is 47.4 Å². The maximum Gasteiger partial charge on any atom is 0.433 e. The number of hydrogen-bond donors (Lipinski definition) is 1. The van der Waals surface area contributed by atoms with Crippen molar-refractivity contribution in [3.63, 3.8) is 0 Å². The Bertz CT molecular complexity index is 879. The minimum Gasteiger partial charge on any atom is -0.497 e. The molecule has 1 atom stereocenters. The number of piperidine rings is 1. The lowest BCUT2D eigenvalue weighted by Gasteiger charge is -2.33. The summed E-state index contributed by atoms with van der Waals surface area (Å²) in [6, 6.07) is 8.31. The van der Waals surface area contributed by atoms with Crippen LogP contribution in [0.1, 0.15) is 42.9 Å². The number of carbonyl (C=O) groups is 1. The largest absolute Gasteiger partial charge is 0.497 e. The van der Waals surface area contributed by atoms with E-state index >= 15 is 0 Å². The van der Waals surface area contributed by atoms with Crippen LogP contribution in [0.25, 0.3) is 0 Å². The van der Waals surface area contributed by atoms with Crippen molar-refractivity contribution >= 4 is 11.7 Å². The predicted octanol–water partition coefficient (Wildman–Crippen LogP) is 3.91. The molecule has 1 aliphatic rings. The first kappa shape index (κ1) is 21.9. The summed E-state index contributed by atoms with van der Waals surface area (Å²) in [5.41, 5.74) is 0.0240. The summed E-state index contributed by atoms with van der Waals surface area (Å²) in [4.78, 5) is 22.1. The summed E-state index contributed by atoms with van der Waals surface area (Å²) in [6.45, 7) is 4.28. The Hall–Kier alpha value is -2.84. The lowest BCUT2D eigenvalue weighted by atomic mass is 9.95. The van der Waals surface area contributed by atoms with Gasteiger partial charge in [-0.3, -0.25) is 4.79 Å². The van der Waals surface area contributed by atoms with Crippen LogP contribution in [0.15, 0.2) is 30.3 Å². The number of rotatable bonds is 5. The van der Waals surface area contributed by atoms with Crippen LogP contribution in [0.3, 0.4) is 0 Å². The van der Waals surface area contributed by atoms with Gasteiger partial charge in [-0.25, -0.2) is 9.97 Å². The molecule has 1 saturated heterocycles. The van der Waals surface area contributed by atoms with Crippen molar-refractivity contribution in [3.8, 4) is 5.75 Å². The van der Waals surface area contributed by atoms with E-state index in [4.69, 9.17) is 4.74 Å². The van der Waals surface area contributed by atoms with Crippen LogP contribution in [0, 0.1) is 12.8 Å². The molecule has 1 aromatic carbocycles. The molecule has 1 fully saturated rings. The van der Waals surface area contributed by atoms with Crippen LogP contribution < -0.4 is 15.0 Å². The zero-order valence-electron chi connectivity index (χ0n) is 17.2. The van der Waals surface area contributed by atoms with Crippen LogP contribution in [0.2, 0.25) is 0 Å². The van der Waals surface area contributed by atoms with E-state index in [-0.39, 0.29) is 29.5 Å². The third kappa shape index (κ3) is 5.20. The maximum atomic E-state index is 13.0. The van der Waals surface area contributed by atoms with E-state index < -0.39 is 11.9 Å². The van der Waals surface area contributed by atoms with Crippen LogP contribution >= 0.6 is 0 Å². The zero-order valence-corrected chi connectivity index (χ0v) is 17.2. The highest BCUT2D eigenvalue weighted by atomic mass is 19.4. The number of carbonyl (C=O) groups excluding carboxylic acids is 1. The first-order chi connectivity index (χ1) is 14.2. The average Bonchev–Trinajstić information content (AvgIpc) is 2.72. The Morgan fingerprint density at radius 3 is 2.40 bits per heavy atom. The molecule has 3 rings (SSSR count). The van der Waals surface area contributed by atoms with Crippen molar-refractivity contribution in [2.24, 2.45) is 5.92 Å². The summed E-state index contributed by atoms with van der Waals surface area (Å²) >= 11 is 0. The summed E-state index contributed by atoms with van der Waals surface area (Å²) < 4.78 is 44.2. The van der Waals surface area contributed by atoms with Gasteiger partial charge < -0.3 is 15.0 Å². The van der Waals surface area contributed by atoms with Crippen LogP contribution in [0.5, 0.6) is 5.75 Å². The molecule has 0 saturated carbocycles. The molecule has 0 spiro atoms. The Morgan fingerprint density at radius 2 is 1.83 bits per heavy atom. The minimum absolute atomic E-state index is 0.0483. The standard InChI is InChI=1S/C21H25F3N4O2/c1-13(15-4-6-17(30-3)7-5-15)25-20(29)16-8-10-28(11-9-16)19-12-18(21(22,23)24)26-14(2)27-19/h4-7,12-13,16H,8-11H2,1-3H3,(H,25,29)/t13-/m0/s1. The fraction of sp³-hybridized carbons (Fsp3) is 0.476. The highest BCUT2D eigenvalue weighted by Crippen LogP contribution is 2.31. The van der Waals surface area contributed by atoms with Gasteiger partial charge in [-0.1, -0.05) is 12.1 Å².